The Bertz CT molecular complexity index is 721. The van der Waals surface area contributed by atoms with Crippen LogP contribution >= 0.6 is 11.6 Å². The van der Waals surface area contributed by atoms with Crippen molar-refractivity contribution in [3.05, 3.63) is 28.0 Å². The maximum Gasteiger partial charge on any atom is 0.410 e. The van der Waals surface area contributed by atoms with Gasteiger partial charge in [0.05, 0.1) is 11.1 Å². The van der Waals surface area contributed by atoms with Gasteiger partial charge in [-0.1, -0.05) is 11.6 Å². The second kappa shape index (κ2) is 8.33. The number of piperazine rings is 1. The fourth-order valence-corrected chi connectivity index (χ4v) is 3.11. The number of nitrogens with zero attached hydrogens (tertiary/aromatic N) is 2. The predicted octanol–water partition coefficient (Wildman–Crippen LogP) is 3.55. The van der Waals surface area contributed by atoms with Crippen LogP contribution in [0.25, 0.3) is 0 Å². The summed E-state index contributed by atoms with van der Waals surface area (Å²) in [7, 11) is 0. The number of hydrogen-bond acceptors (Lipinski definition) is 4. The molecule has 150 valence electrons. The largest absolute Gasteiger partial charge is 0.490 e. The third-order valence-corrected chi connectivity index (χ3v) is 4.78. The van der Waals surface area contributed by atoms with Crippen LogP contribution in [0.15, 0.2) is 6.07 Å². The molecule has 0 aliphatic carbocycles. The van der Waals surface area contributed by atoms with Crippen LogP contribution < -0.4 is 4.74 Å². The minimum atomic E-state index is -0.596. The number of aryl methyl sites for hydroxylation is 1. The van der Waals surface area contributed by atoms with E-state index in [1.165, 1.54) is 6.07 Å². The normalized spacial score (nSPS) is 17.7. The highest BCUT2D eigenvalue weighted by Gasteiger charge is 2.32. The van der Waals surface area contributed by atoms with Gasteiger partial charge in [0.25, 0.3) is 0 Å². The smallest absolute Gasteiger partial charge is 0.410 e. The van der Waals surface area contributed by atoms with E-state index in [0.717, 1.165) is 6.41 Å². The molecule has 1 aromatic carbocycles. The zero-order valence-electron chi connectivity index (χ0n) is 16.3. The van der Waals surface area contributed by atoms with Gasteiger partial charge in [-0.05, 0) is 46.2 Å². The Balaban J connectivity index is 2.10. The van der Waals surface area contributed by atoms with Crippen LogP contribution in [0.1, 0.15) is 31.9 Å². The summed E-state index contributed by atoms with van der Waals surface area (Å²) in [6.07, 6.45) is 0.315. The van der Waals surface area contributed by atoms with Crippen molar-refractivity contribution in [3.8, 4) is 5.75 Å². The molecule has 0 spiro atoms. The van der Waals surface area contributed by atoms with Gasteiger partial charge in [-0.25, -0.2) is 9.18 Å². The van der Waals surface area contributed by atoms with Crippen molar-refractivity contribution >= 4 is 24.1 Å². The van der Waals surface area contributed by atoms with Crippen LogP contribution in [-0.4, -0.2) is 60.2 Å². The first-order valence-electron chi connectivity index (χ1n) is 8.80. The summed E-state index contributed by atoms with van der Waals surface area (Å²) in [5.41, 5.74) is 0.283. The van der Waals surface area contributed by atoms with Gasteiger partial charge >= 0.3 is 6.09 Å². The molecule has 27 heavy (non-hydrogen) atoms. The first-order chi connectivity index (χ1) is 12.5. The molecule has 2 rings (SSSR count). The average molecular weight is 401 g/mol. The van der Waals surface area contributed by atoms with Crippen molar-refractivity contribution in [3.63, 3.8) is 0 Å². The fourth-order valence-electron chi connectivity index (χ4n) is 2.82. The highest BCUT2D eigenvalue weighted by atomic mass is 35.5. The number of ether oxygens (including phenoxy) is 2. The van der Waals surface area contributed by atoms with E-state index in [1.54, 1.807) is 44.4 Å². The van der Waals surface area contributed by atoms with E-state index < -0.39 is 17.5 Å². The minimum Gasteiger partial charge on any atom is -0.490 e. The van der Waals surface area contributed by atoms with Crippen LogP contribution in [0, 0.1) is 19.7 Å². The first-order valence-corrected chi connectivity index (χ1v) is 9.18. The van der Waals surface area contributed by atoms with Gasteiger partial charge in [0, 0.05) is 25.2 Å². The molecule has 8 heteroatoms. The topological polar surface area (TPSA) is 59.1 Å². The molecule has 1 aromatic rings. The van der Waals surface area contributed by atoms with Gasteiger partial charge in [-0.3, -0.25) is 4.79 Å². The average Bonchev–Trinajstić information content (AvgIpc) is 2.58. The maximum absolute atomic E-state index is 13.8. The first kappa shape index (κ1) is 21.3. The Morgan fingerprint density at radius 2 is 2.04 bits per heavy atom. The summed E-state index contributed by atoms with van der Waals surface area (Å²) in [4.78, 5) is 26.8. The SMILES string of the molecule is Cc1cc(F)c(C)c(Cl)c1OCC1CN(C(=O)OC(C)(C)C)CCN1C=O. The minimum absolute atomic E-state index is 0.129. The number of halogens is 2. The van der Waals surface area contributed by atoms with Gasteiger partial charge < -0.3 is 19.3 Å². The molecule has 1 aliphatic rings. The number of hydrogen-bond donors (Lipinski definition) is 0. The second-order valence-corrected chi connectivity index (χ2v) is 8.06. The maximum atomic E-state index is 13.8. The third-order valence-electron chi connectivity index (χ3n) is 4.32. The van der Waals surface area contributed by atoms with Crippen molar-refractivity contribution < 1.29 is 23.5 Å². The Hall–Kier alpha value is -2.02. The highest BCUT2D eigenvalue weighted by Crippen LogP contribution is 2.33. The van der Waals surface area contributed by atoms with E-state index in [0.29, 0.717) is 30.0 Å². The van der Waals surface area contributed by atoms with E-state index in [4.69, 9.17) is 21.1 Å². The molecule has 1 heterocycles. The molecular weight excluding hydrogens is 375 g/mol. The lowest BCUT2D eigenvalue weighted by Crippen LogP contribution is -2.56. The Morgan fingerprint density at radius 3 is 2.63 bits per heavy atom. The molecule has 0 aromatic heterocycles. The molecule has 1 aliphatic heterocycles. The molecule has 6 nitrogen and oxygen atoms in total. The lowest BCUT2D eigenvalue weighted by Gasteiger charge is -2.39. The van der Waals surface area contributed by atoms with Crippen molar-refractivity contribution in [2.75, 3.05) is 26.2 Å². The zero-order chi connectivity index (χ0) is 20.4. The van der Waals surface area contributed by atoms with E-state index in [2.05, 4.69) is 0 Å². The van der Waals surface area contributed by atoms with Crippen LogP contribution in [0.3, 0.4) is 0 Å². The zero-order valence-corrected chi connectivity index (χ0v) is 17.1. The number of benzene rings is 1. The van der Waals surface area contributed by atoms with Crippen LogP contribution in [0.4, 0.5) is 9.18 Å². The lowest BCUT2D eigenvalue weighted by molar-refractivity contribution is -0.123. The second-order valence-electron chi connectivity index (χ2n) is 7.68. The summed E-state index contributed by atoms with van der Waals surface area (Å²) in [5.74, 6) is -0.0102. The van der Waals surface area contributed by atoms with Crippen LogP contribution in [0.5, 0.6) is 5.75 Å². The van der Waals surface area contributed by atoms with E-state index in [9.17, 15) is 14.0 Å². The predicted molar refractivity (Wildman–Crippen MR) is 101 cm³/mol. The highest BCUT2D eigenvalue weighted by molar-refractivity contribution is 6.33. The van der Waals surface area contributed by atoms with Crippen LogP contribution in [-0.2, 0) is 9.53 Å². The summed E-state index contributed by atoms with van der Waals surface area (Å²) in [6.45, 7) is 9.86. The van der Waals surface area contributed by atoms with Gasteiger partial charge in [0.15, 0.2) is 0 Å². The van der Waals surface area contributed by atoms with E-state index in [-0.39, 0.29) is 24.2 Å². The van der Waals surface area contributed by atoms with Crippen molar-refractivity contribution in [2.45, 2.75) is 46.3 Å². The molecule has 1 atom stereocenters. The quantitative estimate of drug-likeness (QED) is 0.725. The molecule has 1 saturated heterocycles. The van der Waals surface area contributed by atoms with Crippen molar-refractivity contribution in [1.82, 2.24) is 9.80 Å². The van der Waals surface area contributed by atoms with Crippen molar-refractivity contribution in [2.24, 2.45) is 0 Å². The van der Waals surface area contributed by atoms with Crippen molar-refractivity contribution in [1.29, 1.82) is 0 Å². The molecular formula is C19H26ClFN2O4. The van der Waals surface area contributed by atoms with E-state index >= 15 is 0 Å². The Kier molecular flexibility index (Phi) is 6.57. The summed E-state index contributed by atoms with van der Waals surface area (Å²) in [6, 6.07) is 1.01. The summed E-state index contributed by atoms with van der Waals surface area (Å²) >= 11 is 6.21. The monoisotopic (exact) mass is 400 g/mol. The number of amides is 2. The molecule has 1 unspecified atom stereocenters. The number of carbonyl (C=O) groups is 2. The summed E-state index contributed by atoms with van der Waals surface area (Å²) < 4.78 is 25.0. The van der Waals surface area contributed by atoms with Crippen LogP contribution in [0.2, 0.25) is 5.02 Å². The summed E-state index contributed by atoms with van der Waals surface area (Å²) in [5, 5.41) is 0.213. The fraction of sp³-hybridized carbons (Fsp3) is 0.579. The van der Waals surface area contributed by atoms with Gasteiger partial charge in [0.2, 0.25) is 6.41 Å². The van der Waals surface area contributed by atoms with E-state index in [1.807, 2.05) is 0 Å². The Labute approximate surface area is 164 Å². The molecule has 2 amide bonds. The molecule has 0 bridgehead atoms. The van der Waals surface area contributed by atoms with Gasteiger partial charge in [0.1, 0.15) is 23.8 Å². The van der Waals surface area contributed by atoms with Gasteiger partial charge in [-0.15, -0.1) is 0 Å². The van der Waals surface area contributed by atoms with Gasteiger partial charge in [-0.2, -0.15) is 0 Å². The standard InChI is InChI=1S/C19H26ClFN2O4/c1-12-8-15(21)13(2)16(20)17(12)26-10-14-9-22(6-7-23(14)11-24)18(25)27-19(3,4)5/h8,11,14H,6-7,9-10H2,1-5H3. The number of carbonyl (C=O) groups excluding carboxylic acids is 2. The molecule has 0 N–H and O–H groups in total. The lowest BCUT2D eigenvalue weighted by atomic mass is 10.1. The Morgan fingerprint density at radius 1 is 1.37 bits per heavy atom. The molecule has 0 radical (unpaired) electrons. The molecule has 0 saturated carbocycles. The number of rotatable bonds is 4. The third kappa shape index (κ3) is 5.25. The molecule has 1 fully saturated rings.